The van der Waals surface area contributed by atoms with Crippen LogP contribution in [0.5, 0.6) is 0 Å². The SMILES string of the molecule is Cc1[nH]nc(N)c1C(=O)N1CCCC(N(C)C)C1. The molecule has 1 aliphatic rings. The van der Waals surface area contributed by atoms with Crippen molar-refractivity contribution in [3.05, 3.63) is 11.3 Å². The highest BCUT2D eigenvalue weighted by Gasteiger charge is 2.28. The van der Waals surface area contributed by atoms with E-state index in [-0.39, 0.29) is 5.91 Å². The van der Waals surface area contributed by atoms with Crippen molar-refractivity contribution in [2.75, 3.05) is 32.9 Å². The predicted octanol–water partition coefficient (Wildman–Crippen LogP) is 0.467. The molecule has 3 N–H and O–H groups in total. The summed E-state index contributed by atoms with van der Waals surface area (Å²) in [5.74, 6) is 0.287. The van der Waals surface area contributed by atoms with E-state index in [1.807, 2.05) is 11.8 Å². The van der Waals surface area contributed by atoms with Crippen LogP contribution in [0.3, 0.4) is 0 Å². The van der Waals surface area contributed by atoms with Gasteiger partial charge in [-0.1, -0.05) is 0 Å². The van der Waals surface area contributed by atoms with Crippen molar-refractivity contribution in [3.8, 4) is 0 Å². The number of likely N-dealkylation sites (N-methyl/N-ethyl adjacent to an activating group) is 1. The van der Waals surface area contributed by atoms with Crippen molar-refractivity contribution in [2.45, 2.75) is 25.8 Å². The lowest BCUT2D eigenvalue weighted by atomic mass is 10.0. The number of nitrogen functional groups attached to an aromatic ring is 1. The van der Waals surface area contributed by atoms with Gasteiger partial charge in [-0.2, -0.15) is 5.10 Å². The first-order valence-corrected chi connectivity index (χ1v) is 6.27. The van der Waals surface area contributed by atoms with E-state index in [2.05, 4.69) is 29.2 Å². The quantitative estimate of drug-likeness (QED) is 0.800. The van der Waals surface area contributed by atoms with E-state index < -0.39 is 0 Å². The van der Waals surface area contributed by atoms with Gasteiger partial charge in [0.1, 0.15) is 5.56 Å². The summed E-state index contributed by atoms with van der Waals surface area (Å²) in [7, 11) is 4.10. The number of H-pyrrole nitrogens is 1. The van der Waals surface area contributed by atoms with Gasteiger partial charge in [-0.05, 0) is 33.9 Å². The molecule has 1 fully saturated rings. The molecule has 1 unspecified atom stereocenters. The number of aryl methyl sites for hydroxylation is 1. The van der Waals surface area contributed by atoms with Crippen LogP contribution in [0.4, 0.5) is 5.82 Å². The smallest absolute Gasteiger partial charge is 0.259 e. The lowest BCUT2D eigenvalue weighted by Crippen LogP contribution is -2.47. The Morgan fingerprint density at radius 1 is 1.56 bits per heavy atom. The third-order valence-corrected chi connectivity index (χ3v) is 3.60. The van der Waals surface area contributed by atoms with Crippen molar-refractivity contribution >= 4 is 11.7 Å². The minimum Gasteiger partial charge on any atom is -0.382 e. The Morgan fingerprint density at radius 3 is 2.83 bits per heavy atom. The number of aromatic amines is 1. The summed E-state index contributed by atoms with van der Waals surface area (Å²) >= 11 is 0. The molecule has 0 spiro atoms. The number of rotatable bonds is 2. The van der Waals surface area contributed by atoms with E-state index in [0.29, 0.717) is 17.4 Å². The van der Waals surface area contributed by atoms with Crippen molar-refractivity contribution < 1.29 is 4.79 Å². The number of aromatic nitrogens is 2. The summed E-state index contributed by atoms with van der Waals surface area (Å²) in [5.41, 5.74) is 7.01. The van der Waals surface area contributed by atoms with Gasteiger partial charge < -0.3 is 15.5 Å². The van der Waals surface area contributed by atoms with Gasteiger partial charge >= 0.3 is 0 Å². The van der Waals surface area contributed by atoms with Gasteiger partial charge in [-0.15, -0.1) is 0 Å². The Bertz CT molecular complexity index is 420. The van der Waals surface area contributed by atoms with Crippen molar-refractivity contribution in [3.63, 3.8) is 0 Å². The molecule has 1 aliphatic heterocycles. The summed E-state index contributed by atoms with van der Waals surface area (Å²) in [6.45, 7) is 3.38. The fourth-order valence-corrected chi connectivity index (χ4v) is 2.44. The molecule has 6 heteroatoms. The maximum Gasteiger partial charge on any atom is 0.259 e. The highest BCUT2D eigenvalue weighted by Crippen LogP contribution is 2.20. The third kappa shape index (κ3) is 2.33. The second-order valence-corrected chi connectivity index (χ2v) is 5.12. The van der Waals surface area contributed by atoms with Crippen molar-refractivity contribution in [1.82, 2.24) is 20.0 Å². The van der Waals surface area contributed by atoms with Crippen LogP contribution in [0.25, 0.3) is 0 Å². The first kappa shape index (κ1) is 12.9. The van der Waals surface area contributed by atoms with Gasteiger partial charge in [-0.3, -0.25) is 9.89 Å². The monoisotopic (exact) mass is 251 g/mol. The fourth-order valence-electron chi connectivity index (χ4n) is 2.44. The third-order valence-electron chi connectivity index (χ3n) is 3.60. The lowest BCUT2D eigenvalue weighted by Gasteiger charge is -2.36. The molecule has 0 aromatic carbocycles. The molecule has 2 rings (SSSR count). The van der Waals surface area contributed by atoms with Gasteiger partial charge in [0.05, 0.1) is 0 Å². The summed E-state index contributed by atoms with van der Waals surface area (Å²) in [5, 5.41) is 6.64. The number of anilines is 1. The van der Waals surface area contributed by atoms with Crippen LogP contribution in [0.1, 0.15) is 28.9 Å². The van der Waals surface area contributed by atoms with Gasteiger partial charge in [0.25, 0.3) is 5.91 Å². The van der Waals surface area contributed by atoms with Crippen LogP contribution < -0.4 is 5.73 Å². The zero-order valence-corrected chi connectivity index (χ0v) is 11.2. The molecule has 1 amide bonds. The molecule has 18 heavy (non-hydrogen) atoms. The number of hydrogen-bond donors (Lipinski definition) is 2. The van der Waals surface area contributed by atoms with E-state index in [1.54, 1.807) is 0 Å². The predicted molar refractivity (Wildman–Crippen MR) is 70.3 cm³/mol. The van der Waals surface area contributed by atoms with Crippen LogP contribution in [0, 0.1) is 6.92 Å². The molecule has 2 heterocycles. The first-order valence-electron chi connectivity index (χ1n) is 6.27. The number of nitrogens with zero attached hydrogens (tertiary/aromatic N) is 3. The number of hydrogen-bond acceptors (Lipinski definition) is 4. The van der Waals surface area contributed by atoms with E-state index in [9.17, 15) is 4.79 Å². The number of piperidine rings is 1. The largest absolute Gasteiger partial charge is 0.382 e. The lowest BCUT2D eigenvalue weighted by molar-refractivity contribution is 0.0635. The molecule has 1 aromatic rings. The molecule has 1 aromatic heterocycles. The Balaban J connectivity index is 2.14. The number of nitrogens with two attached hydrogens (primary N) is 1. The molecule has 1 saturated heterocycles. The summed E-state index contributed by atoms with van der Waals surface area (Å²) in [4.78, 5) is 16.5. The van der Waals surface area contributed by atoms with Crippen molar-refractivity contribution in [1.29, 1.82) is 0 Å². The zero-order valence-electron chi connectivity index (χ0n) is 11.2. The molecular weight excluding hydrogens is 230 g/mol. The molecule has 0 radical (unpaired) electrons. The Hall–Kier alpha value is -1.56. The maximum absolute atomic E-state index is 12.4. The molecule has 0 saturated carbocycles. The Morgan fingerprint density at radius 2 is 2.28 bits per heavy atom. The number of likely N-dealkylation sites (tertiary alicyclic amines) is 1. The Kier molecular flexibility index (Phi) is 3.56. The second-order valence-electron chi connectivity index (χ2n) is 5.12. The van der Waals surface area contributed by atoms with Gasteiger partial charge in [0.2, 0.25) is 0 Å². The summed E-state index contributed by atoms with van der Waals surface area (Å²) in [6, 6.07) is 0.427. The second kappa shape index (κ2) is 4.97. The van der Waals surface area contributed by atoms with Gasteiger partial charge in [0.15, 0.2) is 5.82 Å². The molecule has 0 aliphatic carbocycles. The summed E-state index contributed by atoms with van der Waals surface area (Å²) < 4.78 is 0. The van der Waals surface area contributed by atoms with Crippen LogP contribution in [0.2, 0.25) is 0 Å². The minimum atomic E-state index is -0.00898. The molecule has 0 bridgehead atoms. The number of carbonyl (C=O) groups excluding carboxylic acids is 1. The van der Waals surface area contributed by atoms with Crippen LogP contribution in [0.15, 0.2) is 0 Å². The van der Waals surface area contributed by atoms with Gasteiger partial charge in [0, 0.05) is 24.8 Å². The molecule has 6 nitrogen and oxygen atoms in total. The average Bonchev–Trinajstić information content (AvgIpc) is 2.68. The number of carbonyl (C=O) groups is 1. The normalized spacial score (nSPS) is 20.4. The highest BCUT2D eigenvalue weighted by atomic mass is 16.2. The highest BCUT2D eigenvalue weighted by molar-refractivity contribution is 5.99. The van der Waals surface area contributed by atoms with Gasteiger partial charge in [-0.25, -0.2) is 0 Å². The number of nitrogens with one attached hydrogen (secondary N) is 1. The van der Waals surface area contributed by atoms with E-state index in [0.717, 1.165) is 31.6 Å². The van der Waals surface area contributed by atoms with E-state index in [1.165, 1.54) is 0 Å². The average molecular weight is 251 g/mol. The standard InChI is InChI=1S/C12H21N5O/c1-8-10(11(13)15-14-8)12(18)17-6-4-5-9(7-17)16(2)3/h9H,4-7H2,1-3H3,(H3,13,14,15). The number of amides is 1. The van der Waals surface area contributed by atoms with Crippen LogP contribution in [-0.4, -0.2) is 59.1 Å². The van der Waals surface area contributed by atoms with E-state index in [4.69, 9.17) is 5.73 Å². The van der Waals surface area contributed by atoms with E-state index >= 15 is 0 Å². The first-order chi connectivity index (χ1) is 8.50. The topological polar surface area (TPSA) is 78.2 Å². The molecule has 100 valence electrons. The van der Waals surface area contributed by atoms with Crippen LogP contribution in [-0.2, 0) is 0 Å². The Labute approximate surface area is 107 Å². The maximum atomic E-state index is 12.4. The summed E-state index contributed by atoms with van der Waals surface area (Å²) in [6.07, 6.45) is 2.17. The van der Waals surface area contributed by atoms with Crippen LogP contribution >= 0.6 is 0 Å². The molecule has 1 atom stereocenters. The van der Waals surface area contributed by atoms with Crippen molar-refractivity contribution in [2.24, 2.45) is 0 Å². The zero-order chi connectivity index (χ0) is 13.3. The minimum absolute atomic E-state index is 0.00898. The molecular formula is C12H21N5O. The fraction of sp³-hybridized carbons (Fsp3) is 0.667.